The van der Waals surface area contributed by atoms with E-state index in [0.29, 0.717) is 28.2 Å². The van der Waals surface area contributed by atoms with E-state index < -0.39 is 6.04 Å². The van der Waals surface area contributed by atoms with Crippen molar-refractivity contribution < 1.29 is 4.79 Å². The fourth-order valence-corrected chi connectivity index (χ4v) is 4.07. The van der Waals surface area contributed by atoms with Crippen molar-refractivity contribution in [3.8, 4) is 11.4 Å². The van der Waals surface area contributed by atoms with Crippen LogP contribution >= 0.6 is 23.2 Å². The third kappa shape index (κ3) is 2.80. The summed E-state index contributed by atoms with van der Waals surface area (Å²) >= 11 is 12.4. The van der Waals surface area contributed by atoms with Crippen LogP contribution in [-0.2, 0) is 4.79 Å². The first kappa shape index (κ1) is 17.4. The Bertz CT molecular complexity index is 1120. The Kier molecular flexibility index (Phi) is 4.18. The zero-order valence-electron chi connectivity index (χ0n) is 14.7. The van der Waals surface area contributed by atoms with Gasteiger partial charge < -0.3 is 5.32 Å². The molecule has 0 saturated heterocycles. The van der Waals surface area contributed by atoms with E-state index in [4.69, 9.17) is 28.3 Å². The number of allylic oxidation sites excluding steroid dienone is 2. The number of benzene rings is 1. The Labute approximate surface area is 171 Å². The summed E-state index contributed by atoms with van der Waals surface area (Å²) < 4.78 is 1.75. The number of carbonyl (C=O) groups is 1. The molecule has 28 heavy (non-hydrogen) atoms. The number of carbonyl (C=O) groups excluding carboxylic acids is 1. The Morgan fingerprint density at radius 1 is 1.14 bits per heavy atom. The Balaban J connectivity index is 1.70. The van der Waals surface area contributed by atoms with Crippen LogP contribution < -0.4 is 5.32 Å². The number of pyridine rings is 1. The summed E-state index contributed by atoms with van der Waals surface area (Å²) in [5.41, 5.74) is 3.29. The van der Waals surface area contributed by atoms with Crippen LogP contribution in [0.1, 0.15) is 30.9 Å². The number of rotatable bonds is 2. The average molecular weight is 412 g/mol. The van der Waals surface area contributed by atoms with Crippen molar-refractivity contribution in [2.75, 3.05) is 5.32 Å². The van der Waals surface area contributed by atoms with Gasteiger partial charge in [-0.2, -0.15) is 4.98 Å². The molecule has 8 heteroatoms. The van der Waals surface area contributed by atoms with Gasteiger partial charge in [0.1, 0.15) is 6.04 Å². The van der Waals surface area contributed by atoms with E-state index in [0.717, 1.165) is 35.2 Å². The number of hydrogen-bond donors (Lipinski definition) is 1. The van der Waals surface area contributed by atoms with E-state index in [-0.39, 0.29) is 5.78 Å². The molecule has 3 aromatic rings. The third-order valence-electron chi connectivity index (χ3n) is 5.05. The number of nitrogens with one attached hydrogen (secondary N) is 1. The summed E-state index contributed by atoms with van der Waals surface area (Å²) in [6.45, 7) is 0. The molecule has 1 aliphatic heterocycles. The monoisotopic (exact) mass is 411 g/mol. The van der Waals surface area contributed by atoms with Crippen molar-refractivity contribution in [3.05, 3.63) is 69.6 Å². The third-order valence-corrected chi connectivity index (χ3v) is 5.79. The normalized spacial score (nSPS) is 18.5. The predicted octanol–water partition coefficient (Wildman–Crippen LogP) is 4.67. The molecule has 3 heterocycles. The van der Waals surface area contributed by atoms with Crippen molar-refractivity contribution in [1.82, 2.24) is 19.7 Å². The van der Waals surface area contributed by atoms with Crippen LogP contribution in [0, 0.1) is 0 Å². The molecular formula is C20H15Cl2N5O. The second-order valence-electron chi connectivity index (χ2n) is 6.82. The topological polar surface area (TPSA) is 72.7 Å². The number of anilines is 1. The molecule has 6 nitrogen and oxygen atoms in total. The summed E-state index contributed by atoms with van der Waals surface area (Å²) in [6.07, 6.45) is 5.57. The minimum absolute atomic E-state index is 0.119. The first-order chi connectivity index (χ1) is 13.6. The van der Waals surface area contributed by atoms with Gasteiger partial charge in [0.25, 0.3) is 0 Å². The first-order valence-corrected chi connectivity index (χ1v) is 9.72. The number of nitrogens with zero attached hydrogens (tertiary/aromatic N) is 4. The molecule has 1 atom stereocenters. The molecular weight excluding hydrogens is 397 g/mol. The predicted molar refractivity (Wildman–Crippen MR) is 107 cm³/mol. The zero-order valence-corrected chi connectivity index (χ0v) is 16.2. The van der Waals surface area contributed by atoms with E-state index in [1.165, 1.54) is 0 Å². The van der Waals surface area contributed by atoms with Gasteiger partial charge in [-0.05, 0) is 42.7 Å². The van der Waals surface area contributed by atoms with Crippen LogP contribution in [0.25, 0.3) is 11.4 Å². The van der Waals surface area contributed by atoms with Crippen molar-refractivity contribution in [3.63, 3.8) is 0 Å². The molecule has 0 amide bonds. The number of ketones is 1. The summed E-state index contributed by atoms with van der Waals surface area (Å²) in [4.78, 5) is 21.6. The second kappa shape index (κ2) is 6.72. The molecule has 2 aromatic heterocycles. The molecule has 2 aliphatic rings. The summed E-state index contributed by atoms with van der Waals surface area (Å²) in [6, 6.07) is 8.76. The van der Waals surface area contributed by atoms with E-state index >= 15 is 0 Å². The van der Waals surface area contributed by atoms with Gasteiger partial charge in [0, 0.05) is 35.6 Å². The Morgan fingerprint density at radius 2 is 2.04 bits per heavy atom. The highest BCUT2D eigenvalue weighted by Crippen LogP contribution is 2.41. The standard InChI is InChI=1S/C20H15Cl2N5O/c21-13-7-6-11(9-14(13)22)18-17-15(4-1-5-16(17)28)24-20-25-19(26-27(18)20)12-3-2-8-23-10-12/h2-3,6-10,18H,1,4-5H2,(H,24,25,26). The SMILES string of the molecule is O=C1CCCC2=C1C(c1ccc(Cl)c(Cl)c1)n1nc(-c3cccnc3)nc1N2. The molecule has 1 unspecified atom stereocenters. The first-order valence-electron chi connectivity index (χ1n) is 8.97. The lowest BCUT2D eigenvalue weighted by Crippen LogP contribution is -2.31. The fraction of sp³-hybridized carbons (Fsp3) is 0.200. The molecule has 0 bridgehead atoms. The molecule has 1 aromatic carbocycles. The van der Waals surface area contributed by atoms with Gasteiger partial charge in [-0.1, -0.05) is 29.3 Å². The maximum Gasteiger partial charge on any atom is 0.226 e. The lowest BCUT2D eigenvalue weighted by Gasteiger charge is -2.32. The minimum Gasteiger partial charge on any atom is -0.328 e. The van der Waals surface area contributed by atoms with Crippen molar-refractivity contribution in [1.29, 1.82) is 0 Å². The van der Waals surface area contributed by atoms with Gasteiger partial charge in [0.2, 0.25) is 5.95 Å². The van der Waals surface area contributed by atoms with Gasteiger partial charge in [-0.3, -0.25) is 9.78 Å². The van der Waals surface area contributed by atoms with Crippen LogP contribution in [0.3, 0.4) is 0 Å². The number of hydrogen-bond acceptors (Lipinski definition) is 5. The second-order valence-corrected chi connectivity index (χ2v) is 7.63. The molecule has 1 aliphatic carbocycles. The van der Waals surface area contributed by atoms with Crippen molar-refractivity contribution >= 4 is 34.9 Å². The van der Waals surface area contributed by atoms with Crippen LogP contribution in [0.5, 0.6) is 0 Å². The molecule has 0 saturated carbocycles. The number of aromatic nitrogens is 4. The lowest BCUT2D eigenvalue weighted by atomic mass is 9.85. The Hall–Kier alpha value is -2.70. The molecule has 0 radical (unpaired) electrons. The molecule has 0 fully saturated rings. The lowest BCUT2D eigenvalue weighted by molar-refractivity contribution is -0.116. The largest absolute Gasteiger partial charge is 0.328 e. The van der Waals surface area contributed by atoms with E-state index in [1.807, 2.05) is 18.2 Å². The summed E-state index contributed by atoms with van der Waals surface area (Å²) in [5.74, 6) is 1.27. The van der Waals surface area contributed by atoms with Crippen molar-refractivity contribution in [2.45, 2.75) is 25.3 Å². The van der Waals surface area contributed by atoms with Gasteiger partial charge in [-0.15, -0.1) is 5.10 Å². The number of Topliss-reactive ketones (excluding diaryl/α,β-unsaturated/α-hetero) is 1. The fourth-order valence-electron chi connectivity index (χ4n) is 3.76. The average Bonchev–Trinajstić information content (AvgIpc) is 3.13. The molecule has 140 valence electrons. The van der Waals surface area contributed by atoms with Gasteiger partial charge in [0.15, 0.2) is 11.6 Å². The van der Waals surface area contributed by atoms with E-state index in [1.54, 1.807) is 29.2 Å². The summed E-state index contributed by atoms with van der Waals surface area (Å²) in [7, 11) is 0. The molecule has 5 rings (SSSR count). The highest BCUT2D eigenvalue weighted by molar-refractivity contribution is 6.42. The quantitative estimate of drug-likeness (QED) is 0.663. The van der Waals surface area contributed by atoms with Crippen molar-refractivity contribution in [2.24, 2.45) is 0 Å². The van der Waals surface area contributed by atoms with E-state index in [9.17, 15) is 4.79 Å². The summed E-state index contributed by atoms with van der Waals surface area (Å²) in [5, 5.41) is 8.92. The van der Waals surface area contributed by atoms with Crippen LogP contribution in [-0.4, -0.2) is 25.5 Å². The van der Waals surface area contributed by atoms with Crippen LogP contribution in [0.4, 0.5) is 5.95 Å². The molecule has 0 spiro atoms. The maximum atomic E-state index is 12.8. The van der Waals surface area contributed by atoms with Gasteiger partial charge in [0.05, 0.1) is 10.0 Å². The highest BCUT2D eigenvalue weighted by atomic mass is 35.5. The number of fused-ring (bicyclic) bond motifs is 1. The molecule has 1 N–H and O–H groups in total. The van der Waals surface area contributed by atoms with Gasteiger partial charge >= 0.3 is 0 Å². The number of halogens is 2. The van der Waals surface area contributed by atoms with Crippen LogP contribution in [0.15, 0.2) is 54.0 Å². The van der Waals surface area contributed by atoms with Crippen LogP contribution in [0.2, 0.25) is 10.0 Å². The van der Waals surface area contributed by atoms with E-state index in [2.05, 4.69) is 15.3 Å². The Morgan fingerprint density at radius 3 is 2.82 bits per heavy atom. The highest BCUT2D eigenvalue weighted by Gasteiger charge is 2.37. The smallest absolute Gasteiger partial charge is 0.226 e. The maximum absolute atomic E-state index is 12.8. The van der Waals surface area contributed by atoms with Gasteiger partial charge in [-0.25, -0.2) is 4.68 Å². The zero-order chi connectivity index (χ0) is 19.3. The minimum atomic E-state index is -0.397.